The van der Waals surface area contributed by atoms with Crippen molar-refractivity contribution in [2.45, 2.75) is 39.8 Å². The van der Waals surface area contributed by atoms with Crippen LogP contribution in [0.4, 0.5) is 0 Å². The monoisotopic (exact) mass is 260 g/mol. The Morgan fingerprint density at radius 1 is 1.53 bits per heavy atom. The van der Waals surface area contributed by atoms with Crippen LogP contribution < -0.4 is 0 Å². The van der Waals surface area contributed by atoms with Gasteiger partial charge in [0, 0.05) is 12.6 Å². The van der Waals surface area contributed by atoms with Gasteiger partial charge in [0.15, 0.2) is 0 Å². The molecule has 0 aliphatic rings. The fourth-order valence-corrected chi connectivity index (χ4v) is 2.12. The number of aliphatic carboxylic acids is 1. The molecule has 1 N–H and O–H groups in total. The van der Waals surface area contributed by atoms with Crippen molar-refractivity contribution in [3.63, 3.8) is 0 Å². The van der Waals surface area contributed by atoms with Gasteiger partial charge in [-0.15, -0.1) is 0 Å². The van der Waals surface area contributed by atoms with Crippen LogP contribution in [0, 0.1) is 18.3 Å². The zero-order valence-corrected chi connectivity index (χ0v) is 11.7. The van der Waals surface area contributed by atoms with E-state index in [2.05, 4.69) is 11.0 Å². The van der Waals surface area contributed by atoms with Crippen LogP contribution in [0.2, 0.25) is 0 Å². The SMILES string of the molecule is CCN(Cc1ccc(C#N)cc1C)C(C)CC(=O)O. The van der Waals surface area contributed by atoms with Crippen molar-refractivity contribution in [3.05, 3.63) is 34.9 Å². The van der Waals surface area contributed by atoms with E-state index in [0.717, 1.165) is 17.7 Å². The molecule has 0 fully saturated rings. The van der Waals surface area contributed by atoms with Crippen molar-refractivity contribution in [1.82, 2.24) is 4.90 Å². The van der Waals surface area contributed by atoms with Gasteiger partial charge in [-0.25, -0.2) is 0 Å². The highest BCUT2D eigenvalue weighted by atomic mass is 16.4. The molecule has 1 aromatic carbocycles. The van der Waals surface area contributed by atoms with E-state index in [0.29, 0.717) is 12.1 Å². The van der Waals surface area contributed by atoms with Crippen LogP contribution in [0.15, 0.2) is 18.2 Å². The molecule has 1 unspecified atom stereocenters. The molecule has 0 heterocycles. The number of nitriles is 1. The van der Waals surface area contributed by atoms with Crippen LogP contribution in [0.25, 0.3) is 0 Å². The van der Waals surface area contributed by atoms with E-state index in [-0.39, 0.29) is 12.5 Å². The van der Waals surface area contributed by atoms with E-state index >= 15 is 0 Å². The van der Waals surface area contributed by atoms with Crippen LogP contribution in [0.1, 0.15) is 37.0 Å². The summed E-state index contributed by atoms with van der Waals surface area (Å²) in [5.41, 5.74) is 2.86. The minimum absolute atomic E-state index is 0.00227. The number of aryl methyl sites for hydroxylation is 1. The highest BCUT2D eigenvalue weighted by molar-refractivity contribution is 5.67. The summed E-state index contributed by atoms with van der Waals surface area (Å²) in [5.74, 6) is -0.775. The molecule has 4 heteroatoms. The average molecular weight is 260 g/mol. The quantitative estimate of drug-likeness (QED) is 0.853. The number of carboxylic acids is 1. The van der Waals surface area contributed by atoms with Crippen LogP contribution in [0.5, 0.6) is 0 Å². The van der Waals surface area contributed by atoms with E-state index in [1.54, 1.807) is 6.07 Å². The summed E-state index contributed by atoms with van der Waals surface area (Å²) in [7, 11) is 0. The van der Waals surface area contributed by atoms with Crippen molar-refractivity contribution in [2.75, 3.05) is 6.54 Å². The molecule has 1 rings (SSSR count). The third-order valence-electron chi connectivity index (χ3n) is 3.34. The second kappa shape index (κ2) is 6.91. The molecule has 19 heavy (non-hydrogen) atoms. The first-order valence-electron chi connectivity index (χ1n) is 6.43. The van der Waals surface area contributed by atoms with Crippen molar-refractivity contribution < 1.29 is 9.90 Å². The van der Waals surface area contributed by atoms with Gasteiger partial charge >= 0.3 is 5.97 Å². The Labute approximate surface area is 114 Å². The van der Waals surface area contributed by atoms with Crippen molar-refractivity contribution in [1.29, 1.82) is 5.26 Å². The fourth-order valence-electron chi connectivity index (χ4n) is 2.12. The molecule has 1 aromatic rings. The predicted octanol–water partition coefficient (Wildman–Crippen LogP) is 2.55. The fraction of sp³-hybridized carbons (Fsp3) is 0.467. The van der Waals surface area contributed by atoms with Gasteiger partial charge in [-0.1, -0.05) is 13.0 Å². The summed E-state index contributed by atoms with van der Waals surface area (Å²) >= 11 is 0. The number of carboxylic acid groups (broad SMARTS) is 1. The van der Waals surface area contributed by atoms with E-state index < -0.39 is 5.97 Å². The third-order valence-corrected chi connectivity index (χ3v) is 3.34. The normalized spacial score (nSPS) is 12.2. The largest absolute Gasteiger partial charge is 0.481 e. The van der Waals surface area contributed by atoms with Crippen LogP contribution in [0.3, 0.4) is 0 Å². The minimum atomic E-state index is -0.775. The number of benzene rings is 1. The summed E-state index contributed by atoms with van der Waals surface area (Å²) in [4.78, 5) is 12.9. The van der Waals surface area contributed by atoms with Gasteiger partial charge in [0.25, 0.3) is 0 Å². The van der Waals surface area contributed by atoms with Gasteiger partial charge in [-0.2, -0.15) is 5.26 Å². The van der Waals surface area contributed by atoms with Gasteiger partial charge in [-0.3, -0.25) is 9.69 Å². The molecule has 0 bridgehead atoms. The lowest BCUT2D eigenvalue weighted by Gasteiger charge is -2.27. The molecular weight excluding hydrogens is 240 g/mol. The van der Waals surface area contributed by atoms with Crippen LogP contribution >= 0.6 is 0 Å². The second-order valence-electron chi connectivity index (χ2n) is 4.76. The predicted molar refractivity (Wildman–Crippen MR) is 73.7 cm³/mol. The number of rotatable bonds is 6. The maximum Gasteiger partial charge on any atom is 0.304 e. The molecule has 0 saturated carbocycles. The summed E-state index contributed by atoms with van der Waals surface area (Å²) < 4.78 is 0. The lowest BCUT2D eigenvalue weighted by molar-refractivity contribution is -0.138. The van der Waals surface area contributed by atoms with E-state index in [1.165, 1.54) is 0 Å². The molecule has 0 spiro atoms. The van der Waals surface area contributed by atoms with E-state index in [1.807, 2.05) is 32.9 Å². The van der Waals surface area contributed by atoms with Crippen molar-refractivity contribution in [2.24, 2.45) is 0 Å². The standard InChI is InChI=1S/C15H20N2O2/c1-4-17(12(3)8-15(18)19)10-14-6-5-13(9-16)7-11(14)2/h5-7,12H,4,8,10H2,1-3H3,(H,18,19). The Bertz CT molecular complexity index is 491. The maximum absolute atomic E-state index is 10.8. The van der Waals surface area contributed by atoms with Crippen LogP contribution in [-0.2, 0) is 11.3 Å². The van der Waals surface area contributed by atoms with Crippen molar-refractivity contribution in [3.8, 4) is 6.07 Å². The number of carbonyl (C=O) groups is 1. The molecule has 0 radical (unpaired) electrons. The molecule has 102 valence electrons. The highest BCUT2D eigenvalue weighted by Gasteiger charge is 2.16. The van der Waals surface area contributed by atoms with Gasteiger partial charge in [0.2, 0.25) is 0 Å². The van der Waals surface area contributed by atoms with E-state index in [9.17, 15) is 4.79 Å². The van der Waals surface area contributed by atoms with Gasteiger partial charge in [0.05, 0.1) is 18.1 Å². The summed E-state index contributed by atoms with van der Waals surface area (Å²) in [6.07, 6.45) is 0.142. The van der Waals surface area contributed by atoms with Crippen molar-refractivity contribution >= 4 is 5.97 Å². The minimum Gasteiger partial charge on any atom is -0.481 e. The number of hydrogen-bond donors (Lipinski definition) is 1. The molecule has 0 aliphatic heterocycles. The number of nitrogens with zero attached hydrogens (tertiary/aromatic N) is 2. The molecule has 4 nitrogen and oxygen atoms in total. The van der Waals surface area contributed by atoms with E-state index in [4.69, 9.17) is 10.4 Å². The maximum atomic E-state index is 10.8. The van der Waals surface area contributed by atoms with Gasteiger partial charge in [0.1, 0.15) is 0 Å². The molecule has 1 atom stereocenters. The first kappa shape index (κ1) is 15.2. The van der Waals surface area contributed by atoms with Crippen LogP contribution in [-0.4, -0.2) is 28.6 Å². The third kappa shape index (κ3) is 4.38. The Hall–Kier alpha value is -1.86. The molecule has 0 aliphatic carbocycles. The molecular formula is C15H20N2O2. The molecule has 0 aromatic heterocycles. The zero-order chi connectivity index (χ0) is 14.4. The highest BCUT2D eigenvalue weighted by Crippen LogP contribution is 2.15. The van der Waals surface area contributed by atoms with Gasteiger partial charge in [-0.05, 0) is 43.7 Å². The zero-order valence-electron chi connectivity index (χ0n) is 11.7. The molecule has 0 saturated heterocycles. The first-order chi connectivity index (χ1) is 8.97. The molecule has 0 amide bonds. The lowest BCUT2D eigenvalue weighted by atomic mass is 10.0. The Morgan fingerprint density at radius 3 is 2.68 bits per heavy atom. The summed E-state index contributed by atoms with van der Waals surface area (Å²) in [5, 5.41) is 17.7. The Balaban J connectivity index is 2.81. The Morgan fingerprint density at radius 2 is 2.21 bits per heavy atom. The smallest absolute Gasteiger partial charge is 0.304 e. The average Bonchev–Trinajstić information content (AvgIpc) is 2.36. The lowest BCUT2D eigenvalue weighted by Crippen LogP contribution is -2.34. The topological polar surface area (TPSA) is 64.3 Å². The summed E-state index contributed by atoms with van der Waals surface area (Å²) in [6, 6.07) is 7.74. The number of hydrogen-bond acceptors (Lipinski definition) is 3. The summed E-state index contributed by atoms with van der Waals surface area (Å²) in [6.45, 7) is 7.44. The Kier molecular flexibility index (Phi) is 5.53. The second-order valence-corrected chi connectivity index (χ2v) is 4.76. The first-order valence-corrected chi connectivity index (χ1v) is 6.43. The van der Waals surface area contributed by atoms with Gasteiger partial charge < -0.3 is 5.11 Å².